The molecule has 0 spiro atoms. The van der Waals surface area contributed by atoms with Gasteiger partial charge in [-0.2, -0.15) is 0 Å². The molecule has 0 aliphatic carbocycles. The van der Waals surface area contributed by atoms with Crippen molar-refractivity contribution in [3.05, 3.63) is 57.8 Å². The Morgan fingerprint density at radius 2 is 1.80 bits per heavy atom. The van der Waals surface area contributed by atoms with Crippen molar-refractivity contribution >= 4 is 22.6 Å². The number of rotatable bonds is 3. The number of phenolic OH excluding ortho intramolecular Hbond substituents is 1. The number of ether oxygens (including phenoxy) is 1. The van der Waals surface area contributed by atoms with Crippen LogP contribution in [0.15, 0.2) is 34.7 Å². The molecule has 1 heterocycles. The molecule has 0 aliphatic heterocycles. The third-order valence-corrected chi connectivity index (χ3v) is 4.84. The minimum absolute atomic E-state index is 0.207. The molecule has 2 aromatic carbocycles. The van der Waals surface area contributed by atoms with Gasteiger partial charge in [0.15, 0.2) is 5.58 Å². The summed E-state index contributed by atoms with van der Waals surface area (Å²) in [5, 5.41) is 12.0. The van der Waals surface area contributed by atoms with E-state index in [9.17, 15) is 5.11 Å². The van der Waals surface area contributed by atoms with Crippen LogP contribution < -0.4 is 4.74 Å². The number of aromatic hydroxyl groups is 1. The molecule has 4 heteroatoms. The maximum absolute atomic E-state index is 10.8. The van der Waals surface area contributed by atoms with Gasteiger partial charge in [-0.25, -0.2) is 0 Å². The van der Waals surface area contributed by atoms with Gasteiger partial charge in [-0.15, -0.1) is 0 Å². The molecular formula is C21H23ClO3. The summed E-state index contributed by atoms with van der Waals surface area (Å²) in [7, 11) is 1.65. The zero-order valence-electron chi connectivity index (χ0n) is 15.2. The van der Waals surface area contributed by atoms with Crippen LogP contribution in [0.2, 0.25) is 5.02 Å². The van der Waals surface area contributed by atoms with Crippen LogP contribution in [0.4, 0.5) is 0 Å². The number of fused-ring (bicyclic) bond motifs is 1. The van der Waals surface area contributed by atoms with E-state index in [1.807, 2.05) is 31.2 Å². The van der Waals surface area contributed by atoms with Gasteiger partial charge < -0.3 is 14.3 Å². The van der Waals surface area contributed by atoms with E-state index in [1.165, 1.54) is 0 Å². The summed E-state index contributed by atoms with van der Waals surface area (Å²) >= 11 is 6.45. The summed E-state index contributed by atoms with van der Waals surface area (Å²) < 4.78 is 11.2. The van der Waals surface area contributed by atoms with Crippen molar-refractivity contribution in [2.45, 2.75) is 39.5 Å². The number of hydrogen-bond donors (Lipinski definition) is 1. The van der Waals surface area contributed by atoms with Crippen molar-refractivity contribution in [1.82, 2.24) is 0 Å². The molecule has 3 rings (SSSR count). The van der Waals surface area contributed by atoms with E-state index in [0.717, 1.165) is 28.2 Å². The monoisotopic (exact) mass is 358 g/mol. The van der Waals surface area contributed by atoms with Crippen LogP contribution in [-0.2, 0) is 11.8 Å². The molecule has 3 aromatic rings. The van der Waals surface area contributed by atoms with Gasteiger partial charge in [0.05, 0.1) is 17.5 Å². The third-order valence-electron chi connectivity index (χ3n) is 4.56. The van der Waals surface area contributed by atoms with E-state index in [0.29, 0.717) is 22.4 Å². The van der Waals surface area contributed by atoms with Gasteiger partial charge in [-0.1, -0.05) is 44.5 Å². The largest absolute Gasteiger partial charge is 0.507 e. The number of aryl methyl sites for hydroxylation is 1. The molecule has 25 heavy (non-hydrogen) atoms. The molecule has 132 valence electrons. The maximum atomic E-state index is 10.8. The van der Waals surface area contributed by atoms with E-state index >= 15 is 0 Å². The van der Waals surface area contributed by atoms with Crippen molar-refractivity contribution < 1.29 is 14.3 Å². The maximum Gasteiger partial charge on any atom is 0.156 e. The Kier molecular flexibility index (Phi) is 4.46. The summed E-state index contributed by atoms with van der Waals surface area (Å²) in [6.07, 6.45) is 0.630. The fourth-order valence-corrected chi connectivity index (χ4v) is 3.32. The van der Waals surface area contributed by atoms with Crippen LogP contribution in [0.1, 0.15) is 43.2 Å². The van der Waals surface area contributed by atoms with E-state index in [2.05, 4.69) is 20.8 Å². The van der Waals surface area contributed by atoms with Crippen LogP contribution in [0.25, 0.3) is 11.0 Å². The first-order valence-electron chi connectivity index (χ1n) is 8.29. The molecule has 0 saturated heterocycles. The molecule has 0 saturated carbocycles. The van der Waals surface area contributed by atoms with E-state index in [-0.39, 0.29) is 11.2 Å². The fourth-order valence-electron chi connectivity index (χ4n) is 3.08. The molecule has 1 N–H and O–H groups in total. The Balaban J connectivity index is 2.10. The Labute approximate surface area is 153 Å². The highest BCUT2D eigenvalue weighted by Crippen LogP contribution is 2.43. The van der Waals surface area contributed by atoms with Crippen molar-refractivity contribution in [2.24, 2.45) is 0 Å². The zero-order chi connectivity index (χ0) is 18.4. The number of hydrogen-bond acceptors (Lipinski definition) is 3. The van der Waals surface area contributed by atoms with Crippen LogP contribution >= 0.6 is 11.6 Å². The van der Waals surface area contributed by atoms with E-state index in [1.54, 1.807) is 13.2 Å². The average molecular weight is 359 g/mol. The molecule has 3 nitrogen and oxygen atoms in total. The lowest BCUT2D eigenvalue weighted by Gasteiger charge is -2.21. The normalized spacial score (nSPS) is 11.9. The van der Waals surface area contributed by atoms with Crippen LogP contribution in [0, 0.1) is 6.92 Å². The average Bonchev–Trinajstić information content (AvgIpc) is 2.88. The third kappa shape index (κ3) is 3.21. The minimum Gasteiger partial charge on any atom is -0.507 e. The predicted molar refractivity (Wildman–Crippen MR) is 102 cm³/mol. The van der Waals surface area contributed by atoms with Crippen molar-refractivity contribution in [1.29, 1.82) is 0 Å². The molecule has 0 unspecified atom stereocenters. The minimum atomic E-state index is -0.207. The lowest BCUT2D eigenvalue weighted by molar-refractivity contribution is 0.414. The van der Waals surface area contributed by atoms with Crippen LogP contribution in [-0.4, -0.2) is 12.2 Å². The van der Waals surface area contributed by atoms with Crippen LogP contribution in [0.3, 0.4) is 0 Å². The molecule has 0 atom stereocenters. The van der Waals surface area contributed by atoms with Crippen molar-refractivity contribution in [2.75, 3.05) is 7.11 Å². The molecular weight excluding hydrogens is 336 g/mol. The number of phenols is 1. The molecule has 0 radical (unpaired) electrons. The van der Waals surface area contributed by atoms with Crippen molar-refractivity contribution in [3.63, 3.8) is 0 Å². The first kappa shape index (κ1) is 17.7. The molecule has 0 fully saturated rings. The van der Waals surface area contributed by atoms with Gasteiger partial charge in [0, 0.05) is 17.5 Å². The van der Waals surface area contributed by atoms with Gasteiger partial charge in [0.2, 0.25) is 0 Å². The molecule has 0 amide bonds. The lowest BCUT2D eigenvalue weighted by atomic mass is 9.85. The zero-order valence-corrected chi connectivity index (χ0v) is 16.0. The SMILES string of the molecule is COc1ccc(Cc2oc3c(Cl)cc(C(C)(C)C)c(O)c3c2C)cc1. The quantitative estimate of drug-likeness (QED) is 0.624. The summed E-state index contributed by atoms with van der Waals surface area (Å²) in [6, 6.07) is 9.67. The smallest absolute Gasteiger partial charge is 0.156 e. The number of halogens is 1. The number of methoxy groups -OCH3 is 1. The lowest BCUT2D eigenvalue weighted by Crippen LogP contribution is -2.11. The van der Waals surface area contributed by atoms with Gasteiger partial charge in [0.1, 0.15) is 17.3 Å². The Hall–Kier alpha value is -2.13. The highest BCUT2D eigenvalue weighted by atomic mass is 35.5. The Morgan fingerprint density at radius 1 is 1.16 bits per heavy atom. The highest BCUT2D eigenvalue weighted by Gasteiger charge is 2.25. The topological polar surface area (TPSA) is 42.6 Å². The van der Waals surface area contributed by atoms with Crippen LogP contribution in [0.5, 0.6) is 11.5 Å². The second-order valence-electron chi connectivity index (χ2n) is 7.38. The summed E-state index contributed by atoms with van der Waals surface area (Å²) in [6.45, 7) is 8.13. The van der Waals surface area contributed by atoms with E-state index < -0.39 is 0 Å². The molecule has 0 bridgehead atoms. The summed E-state index contributed by atoms with van der Waals surface area (Å²) in [4.78, 5) is 0. The standard InChI is InChI=1S/C21H23ClO3/c1-12-17(10-13-6-8-14(24-5)9-7-13)25-20-16(22)11-15(21(2,3)4)19(23)18(12)20/h6-9,11,23H,10H2,1-5H3. The van der Waals surface area contributed by atoms with Gasteiger partial charge in [-0.05, 0) is 36.1 Å². The van der Waals surface area contributed by atoms with Gasteiger partial charge in [0.25, 0.3) is 0 Å². The first-order chi connectivity index (χ1) is 11.7. The first-order valence-corrected chi connectivity index (χ1v) is 8.67. The Morgan fingerprint density at radius 3 is 2.36 bits per heavy atom. The number of furan rings is 1. The summed E-state index contributed by atoms with van der Waals surface area (Å²) in [5.41, 5.74) is 3.20. The Bertz CT molecular complexity index is 915. The van der Waals surface area contributed by atoms with E-state index in [4.69, 9.17) is 20.8 Å². The van der Waals surface area contributed by atoms with Gasteiger partial charge >= 0.3 is 0 Å². The summed E-state index contributed by atoms with van der Waals surface area (Å²) in [5.74, 6) is 1.89. The van der Waals surface area contributed by atoms with Crippen molar-refractivity contribution in [3.8, 4) is 11.5 Å². The number of benzene rings is 2. The second-order valence-corrected chi connectivity index (χ2v) is 7.79. The fraction of sp³-hybridized carbons (Fsp3) is 0.333. The molecule has 0 aliphatic rings. The highest BCUT2D eigenvalue weighted by molar-refractivity contribution is 6.35. The molecule has 1 aromatic heterocycles. The second kappa shape index (κ2) is 6.30. The predicted octanol–water partition coefficient (Wildman–Crippen LogP) is 6.00. The van der Waals surface area contributed by atoms with Gasteiger partial charge in [-0.3, -0.25) is 0 Å².